The van der Waals surface area contributed by atoms with Crippen molar-refractivity contribution in [3.63, 3.8) is 0 Å². The number of ether oxygens (including phenoxy) is 1. The van der Waals surface area contributed by atoms with E-state index in [-0.39, 0.29) is 0 Å². The Kier molecular flexibility index (Phi) is 9.56. The summed E-state index contributed by atoms with van der Waals surface area (Å²) in [5.74, 6) is 1.85. The maximum absolute atomic E-state index is 6.95. The van der Waals surface area contributed by atoms with Gasteiger partial charge in [0.25, 0.3) is 0 Å². The molecule has 0 amide bonds. The van der Waals surface area contributed by atoms with E-state index < -0.39 is 16.1 Å². The minimum atomic E-state index is -3.28. The standard InChI is InChI=1S/C66H45NO2Si2/c1-4-20-46(21-5-1)47-38-40-48(41-39-47)49-42-44-50(45-43-49)67(54-27-18-32-59-65(54)53-26-10-11-29-56(53)68-59)55-28-19-37-64-66(55)70(51-22-6-2-7-23-51,52-24-8-3-9-25-52)62-35-16-17-36-63(62)71(64)60-33-14-12-30-57(60)69-58-31-13-15-34-61(58)71/h1-45H. The van der Waals surface area contributed by atoms with Crippen LogP contribution < -0.4 is 51.1 Å². The first-order valence-corrected chi connectivity index (χ1v) is 28.4. The van der Waals surface area contributed by atoms with Gasteiger partial charge in [-0.25, -0.2) is 0 Å². The predicted octanol–water partition coefficient (Wildman–Crippen LogP) is 11.6. The van der Waals surface area contributed by atoms with Gasteiger partial charge in [-0.05, 0) is 112 Å². The largest absolute Gasteiger partial charge is 0.458 e. The molecule has 5 heteroatoms. The van der Waals surface area contributed by atoms with E-state index in [1.807, 2.05) is 0 Å². The molecule has 0 bridgehead atoms. The number of hydrogen-bond donors (Lipinski definition) is 0. The van der Waals surface area contributed by atoms with E-state index in [1.54, 1.807) is 0 Å². The van der Waals surface area contributed by atoms with Crippen molar-refractivity contribution in [3.8, 4) is 33.8 Å². The lowest BCUT2D eigenvalue weighted by atomic mass is 10.00. The van der Waals surface area contributed by atoms with E-state index in [4.69, 9.17) is 9.15 Å². The van der Waals surface area contributed by atoms with Crippen molar-refractivity contribution in [2.45, 2.75) is 0 Å². The molecule has 14 rings (SSSR count). The summed E-state index contributed by atoms with van der Waals surface area (Å²) < 4.78 is 13.7. The van der Waals surface area contributed by atoms with Gasteiger partial charge in [-0.1, -0.05) is 224 Å². The molecule has 12 aromatic rings. The van der Waals surface area contributed by atoms with Gasteiger partial charge in [0.2, 0.25) is 0 Å². The van der Waals surface area contributed by atoms with Crippen LogP contribution in [0.25, 0.3) is 44.2 Å². The van der Waals surface area contributed by atoms with Gasteiger partial charge in [-0.3, -0.25) is 0 Å². The summed E-state index contributed by atoms with van der Waals surface area (Å²) in [5.41, 5.74) is 9.74. The Morgan fingerprint density at radius 1 is 0.296 bits per heavy atom. The maximum Gasteiger partial charge on any atom is 0.188 e. The Balaban J connectivity index is 1.12. The molecule has 0 unspecified atom stereocenters. The molecule has 2 aliphatic rings. The number of nitrogens with zero attached hydrogens (tertiary/aromatic N) is 1. The van der Waals surface area contributed by atoms with Crippen LogP contribution in [0.5, 0.6) is 11.5 Å². The number of hydrogen-bond acceptors (Lipinski definition) is 3. The zero-order valence-electron chi connectivity index (χ0n) is 38.7. The van der Waals surface area contributed by atoms with Crippen LogP contribution in [0.1, 0.15) is 0 Å². The third-order valence-corrected chi connectivity index (χ3v) is 25.4. The van der Waals surface area contributed by atoms with Gasteiger partial charge in [0.15, 0.2) is 16.1 Å². The van der Waals surface area contributed by atoms with Crippen LogP contribution in [0.2, 0.25) is 0 Å². The summed E-state index contributed by atoms with van der Waals surface area (Å²) in [6.07, 6.45) is 0. The highest BCUT2D eigenvalue weighted by atomic mass is 28.3. The van der Waals surface area contributed by atoms with Gasteiger partial charge < -0.3 is 14.1 Å². The Labute approximate surface area is 415 Å². The maximum atomic E-state index is 6.95. The van der Waals surface area contributed by atoms with Crippen LogP contribution in [0, 0.1) is 0 Å². The average molecular weight is 940 g/mol. The smallest absolute Gasteiger partial charge is 0.188 e. The van der Waals surface area contributed by atoms with Crippen LogP contribution in [-0.2, 0) is 0 Å². The normalized spacial score (nSPS) is 13.7. The van der Waals surface area contributed by atoms with Crippen molar-refractivity contribution >= 4 is 96.6 Å². The predicted molar refractivity (Wildman–Crippen MR) is 300 cm³/mol. The molecule has 0 atom stereocenters. The quantitative estimate of drug-likeness (QED) is 0.149. The van der Waals surface area contributed by atoms with Crippen LogP contribution in [0.15, 0.2) is 277 Å². The molecule has 0 aliphatic carbocycles. The highest BCUT2D eigenvalue weighted by Gasteiger charge is 2.60. The van der Waals surface area contributed by atoms with Gasteiger partial charge in [0, 0.05) is 16.8 Å². The molecule has 11 aromatic carbocycles. The fourth-order valence-corrected chi connectivity index (χ4v) is 24.7. The Morgan fingerprint density at radius 2 is 0.732 bits per heavy atom. The SMILES string of the molecule is c1ccc(-c2ccc(-c3ccc(N(c4cccc5c4[Si](c4ccccc4)(c4ccccc4)c4ccccc4[Si]54c5ccccc5Oc5ccccc54)c4cccc5oc6ccccc6c45)cc3)cc2)cc1. The Bertz CT molecular complexity index is 3880. The fraction of sp³-hybridized carbons (Fsp3) is 0. The second-order valence-electron chi connectivity index (χ2n) is 18.6. The van der Waals surface area contributed by atoms with Crippen LogP contribution >= 0.6 is 0 Å². The van der Waals surface area contributed by atoms with E-state index in [0.717, 1.165) is 56.1 Å². The molecule has 0 radical (unpaired) electrons. The van der Waals surface area contributed by atoms with E-state index in [9.17, 15) is 0 Å². The first-order valence-electron chi connectivity index (χ1n) is 24.4. The van der Waals surface area contributed by atoms with Crippen LogP contribution in [0.3, 0.4) is 0 Å². The Morgan fingerprint density at radius 3 is 1.35 bits per heavy atom. The molecule has 71 heavy (non-hydrogen) atoms. The average Bonchev–Trinajstić information content (AvgIpc) is 3.84. The zero-order valence-corrected chi connectivity index (χ0v) is 40.7. The third-order valence-electron chi connectivity index (χ3n) is 15.1. The van der Waals surface area contributed by atoms with E-state index in [2.05, 4.69) is 278 Å². The van der Waals surface area contributed by atoms with Gasteiger partial charge in [-0.2, -0.15) is 0 Å². The molecule has 1 aromatic heterocycles. The molecular weight excluding hydrogens is 895 g/mol. The number of para-hydroxylation sites is 3. The Hall–Kier alpha value is -8.75. The lowest BCUT2D eigenvalue weighted by Crippen LogP contribution is -2.93. The third kappa shape index (κ3) is 6.13. The molecule has 3 nitrogen and oxygen atoms in total. The summed E-state index contributed by atoms with van der Waals surface area (Å²) >= 11 is 0. The van der Waals surface area contributed by atoms with Gasteiger partial charge >= 0.3 is 0 Å². The van der Waals surface area contributed by atoms with Gasteiger partial charge in [-0.15, -0.1) is 0 Å². The molecule has 334 valence electrons. The lowest BCUT2D eigenvalue weighted by Gasteiger charge is -2.51. The van der Waals surface area contributed by atoms with Crippen LogP contribution in [-0.4, -0.2) is 16.1 Å². The number of benzene rings is 11. The van der Waals surface area contributed by atoms with Crippen molar-refractivity contribution in [1.29, 1.82) is 0 Å². The molecule has 3 heterocycles. The molecule has 1 spiro atoms. The van der Waals surface area contributed by atoms with Gasteiger partial charge in [0.05, 0.1) is 11.1 Å². The summed E-state index contributed by atoms with van der Waals surface area (Å²) in [5, 5.41) is 13.0. The molecule has 0 saturated carbocycles. The topological polar surface area (TPSA) is 25.6 Å². The first-order chi connectivity index (χ1) is 35.2. The van der Waals surface area contributed by atoms with Crippen molar-refractivity contribution in [3.05, 3.63) is 273 Å². The number of rotatable bonds is 7. The highest BCUT2D eigenvalue weighted by molar-refractivity contribution is 7.33. The van der Waals surface area contributed by atoms with Crippen molar-refractivity contribution in [2.24, 2.45) is 0 Å². The second kappa shape index (κ2) is 16.5. The molecule has 2 aliphatic heterocycles. The summed E-state index contributed by atoms with van der Waals surface area (Å²) in [7, 11) is -6.46. The number of furan rings is 1. The number of fused-ring (bicyclic) bond motifs is 11. The van der Waals surface area contributed by atoms with E-state index >= 15 is 0 Å². The van der Waals surface area contributed by atoms with Crippen molar-refractivity contribution < 1.29 is 9.15 Å². The minimum absolute atomic E-state index is 0.853. The summed E-state index contributed by atoms with van der Waals surface area (Å²) in [6.45, 7) is 0. The second-order valence-corrected chi connectivity index (χ2v) is 26.0. The summed E-state index contributed by atoms with van der Waals surface area (Å²) in [6, 6.07) is 101. The zero-order chi connectivity index (χ0) is 46.9. The fourth-order valence-electron chi connectivity index (χ4n) is 12.2. The monoisotopic (exact) mass is 939 g/mol. The molecule has 0 N–H and O–H groups in total. The lowest BCUT2D eigenvalue weighted by molar-refractivity contribution is 0.487. The van der Waals surface area contributed by atoms with E-state index in [1.165, 1.54) is 58.2 Å². The van der Waals surface area contributed by atoms with Crippen molar-refractivity contribution in [1.82, 2.24) is 0 Å². The van der Waals surface area contributed by atoms with Crippen LogP contribution in [0.4, 0.5) is 17.1 Å². The summed E-state index contributed by atoms with van der Waals surface area (Å²) in [4.78, 5) is 2.56. The van der Waals surface area contributed by atoms with E-state index in [0.29, 0.717) is 0 Å². The minimum Gasteiger partial charge on any atom is -0.458 e. The van der Waals surface area contributed by atoms with Crippen molar-refractivity contribution in [2.75, 3.05) is 4.90 Å². The molecule has 0 fully saturated rings. The number of anilines is 3. The molecule has 0 saturated heterocycles. The van der Waals surface area contributed by atoms with Gasteiger partial charge in [0.1, 0.15) is 22.7 Å². The molecular formula is C66H45NO2Si2. The first kappa shape index (κ1) is 41.2. The highest BCUT2D eigenvalue weighted by Crippen LogP contribution is 2.44.